The molecule has 0 spiro atoms. The number of carbonyl (C=O) groups excluding carboxylic acids is 2. The minimum absolute atomic E-state index is 0.121. The number of amides is 2. The van der Waals surface area contributed by atoms with Crippen LogP contribution in [0.3, 0.4) is 0 Å². The van der Waals surface area contributed by atoms with Crippen molar-refractivity contribution >= 4 is 23.2 Å². The zero-order valence-electron chi connectivity index (χ0n) is 13.8. The lowest BCUT2D eigenvalue weighted by molar-refractivity contribution is -0.121. The van der Waals surface area contributed by atoms with Gasteiger partial charge in [0, 0.05) is 35.8 Å². The number of hydrogen-bond donors (Lipinski definition) is 1. The van der Waals surface area contributed by atoms with Gasteiger partial charge in [0.05, 0.1) is 5.56 Å². The quantitative estimate of drug-likeness (QED) is 0.905. The Hall–Kier alpha value is -1.36. The molecule has 1 fully saturated rings. The fraction of sp³-hybridized carbons (Fsp3) is 0.647. The van der Waals surface area contributed by atoms with Crippen LogP contribution in [-0.2, 0) is 4.79 Å². The van der Waals surface area contributed by atoms with E-state index in [1.165, 1.54) is 4.88 Å². The lowest BCUT2D eigenvalue weighted by atomic mass is 9.97. The van der Waals surface area contributed by atoms with Crippen molar-refractivity contribution in [3.63, 3.8) is 0 Å². The highest BCUT2D eigenvalue weighted by atomic mass is 32.1. The Bertz CT molecular complexity index is 539. The highest BCUT2D eigenvalue weighted by molar-refractivity contribution is 7.12. The third-order valence-corrected chi connectivity index (χ3v) is 5.11. The van der Waals surface area contributed by atoms with E-state index in [1.807, 2.05) is 31.7 Å². The molecule has 1 aliphatic heterocycles. The summed E-state index contributed by atoms with van der Waals surface area (Å²) in [4.78, 5) is 28.5. The van der Waals surface area contributed by atoms with Gasteiger partial charge in [-0.05, 0) is 45.1 Å². The third-order valence-electron chi connectivity index (χ3n) is 4.14. The lowest BCUT2D eigenvalue weighted by Gasteiger charge is -2.33. The first kappa shape index (κ1) is 17.0. The summed E-state index contributed by atoms with van der Waals surface area (Å²) in [6.45, 7) is 8.32. The van der Waals surface area contributed by atoms with E-state index >= 15 is 0 Å². The van der Waals surface area contributed by atoms with Crippen LogP contribution in [0.15, 0.2) is 6.07 Å². The SMILES string of the molecule is CCCC(=O)NC[C@H]1CCCN(C(=O)c2cc(C)sc2C)C1. The van der Waals surface area contributed by atoms with Gasteiger partial charge in [-0.1, -0.05) is 6.92 Å². The van der Waals surface area contributed by atoms with Crippen molar-refractivity contribution in [2.75, 3.05) is 19.6 Å². The fourth-order valence-corrected chi connectivity index (χ4v) is 3.92. The average molecular weight is 322 g/mol. The summed E-state index contributed by atoms with van der Waals surface area (Å²) in [6, 6.07) is 2.00. The molecule has 1 aliphatic rings. The number of rotatable bonds is 5. The zero-order valence-corrected chi connectivity index (χ0v) is 14.6. The molecule has 0 radical (unpaired) electrons. The van der Waals surface area contributed by atoms with Gasteiger partial charge in [-0.2, -0.15) is 0 Å². The second-order valence-corrected chi connectivity index (χ2v) is 7.60. The Labute approximate surface area is 136 Å². The van der Waals surface area contributed by atoms with Gasteiger partial charge < -0.3 is 10.2 Å². The molecular formula is C17H26N2O2S. The third kappa shape index (κ3) is 4.32. The molecule has 1 aromatic rings. The second-order valence-electron chi connectivity index (χ2n) is 6.14. The Morgan fingerprint density at radius 2 is 2.18 bits per heavy atom. The first-order valence-corrected chi connectivity index (χ1v) is 8.96. The Morgan fingerprint density at radius 1 is 1.41 bits per heavy atom. The van der Waals surface area contributed by atoms with E-state index in [1.54, 1.807) is 11.3 Å². The van der Waals surface area contributed by atoms with Gasteiger partial charge in [-0.25, -0.2) is 0 Å². The van der Waals surface area contributed by atoms with Crippen molar-refractivity contribution in [3.8, 4) is 0 Å². The number of carbonyl (C=O) groups is 2. The number of nitrogens with one attached hydrogen (secondary N) is 1. The minimum Gasteiger partial charge on any atom is -0.356 e. The number of thiophene rings is 1. The molecule has 1 aromatic heterocycles. The maximum atomic E-state index is 12.7. The van der Waals surface area contributed by atoms with Gasteiger partial charge in [0.15, 0.2) is 0 Å². The molecule has 0 bridgehead atoms. The van der Waals surface area contributed by atoms with Crippen LogP contribution < -0.4 is 5.32 Å². The van der Waals surface area contributed by atoms with Gasteiger partial charge in [-0.15, -0.1) is 11.3 Å². The Kier molecular flexibility index (Phi) is 6.00. The molecule has 4 nitrogen and oxygen atoms in total. The maximum absolute atomic E-state index is 12.7. The van der Waals surface area contributed by atoms with Crippen LogP contribution in [0.1, 0.15) is 52.7 Å². The zero-order chi connectivity index (χ0) is 16.1. The molecule has 1 saturated heterocycles. The van der Waals surface area contributed by atoms with Crippen LogP contribution in [0.5, 0.6) is 0 Å². The fourth-order valence-electron chi connectivity index (χ4n) is 3.00. The van der Waals surface area contributed by atoms with Gasteiger partial charge in [-0.3, -0.25) is 9.59 Å². The van der Waals surface area contributed by atoms with E-state index in [0.29, 0.717) is 18.9 Å². The summed E-state index contributed by atoms with van der Waals surface area (Å²) in [5.41, 5.74) is 0.846. The van der Waals surface area contributed by atoms with E-state index < -0.39 is 0 Å². The van der Waals surface area contributed by atoms with Crippen LogP contribution in [0, 0.1) is 19.8 Å². The van der Waals surface area contributed by atoms with Gasteiger partial charge >= 0.3 is 0 Å². The summed E-state index contributed by atoms with van der Waals surface area (Å²) in [5.74, 6) is 0.639. The maximum Gasteiger partial charge on any atom is 0.254 e. The first-order chi connectivity index (χ1) is 10.5. The van der Waals surface area contributed by atoms with Crippen molar-refractivity contribution in [2.45, 2.75) is 46.5 Å². The largest absolute Gasteiger partial charge is 0.356 e. The van der Waals surface area contributed by atoms with Crippen LogP contribution in [0.4, 0.5) is 0 Å². The number of piperidine rings is 1. The summed E-state index contributed by atoms with van der Waals surface area (Å²) in [7, 11) is 0. The normalized spacial score (nSPS) is 18.3. The first-order valence-electron chi connectivity index (χ1n) is 8.14. The van der Waals surface area contributed by atoms with Gasteiger partial charge in [0.2, 0.25) is 5.91 Å². The van der Waals surface area contributed by atoms with E-state index in [2.05, 4.69) is 5.32 Å². The molecule has 2 heterocycles. The number of aryl methyl sites for hydroxylation is 2. The Balaban J connectivity index is 1.91. The molecule has 0 unspecified atom stereocenters. The summed E-state index contributed by atoms with van der Waals surface area (Å²) in [5, 5.41) is 2.99. The molecule has 0 aliphatic carbocycles. The van der Waals surface area contributed by atoms with Crippen LogP contribution in [-0.4, -0.2) is 36.3 Å². The predicted molar refractivity (Wildman–Crippen MR) is 90.3 cm³/mol. The average Bonchev–Trinajstić information content (AvgIpc) is 2.84. The number of hydrogen-bond acceptors (Lipinski definition) is 3. The molecule has 2 amide bonds. The number of likely N-dealkylation sites (tertiary alicyclic amines) is 1. The molecule has 5 heteroatoms. The highest BCUT2D eigenvalue weighted by Gasteiger charge is 2.26. The standard InChI is InChI=1S/C17H26N2O2S/c1-4-6-16(20)18-10-14-7-5-8-19(11-14)17(21)15-9-12(2)22-13(15)3/h9,14H,4-8,10-11H2,1-3H3,(H,18,20)/t14-/m1/s1. The summed E-state index contributed by atoms with van der Waals surface area (Å²) >= 11 is 1.68. The molecule has 2 rings (SSSR count). The summed E-state index contributed by atoms with van der Waals surface area (Å²) < 4.78 is 0. The van der Waals surface area contributed by atoms with Gasteiger partial charge in [0.25, 0.3) is 5.91 Å². The smallest absolute Gasteiger partial charge is 0.254 e. The van der Waals surface area contributed by atoms with Crippen molar-refractivity contribution in [1.82, 2.24) is 10.2 Å². The van der Waals surface area contributed by atoms with Crippen molar-refractivity contribution < 1.29 is 9.59 Å². The Morgan fingerprint density at radius 3 is 2.82 bits per heavy atom. The molecule has 1 N–H and O–H groups in total. The topological polar surface area (TPSA) is 49.4 Å². The van der Waals surface area contributed by atoms with E-state index in [9.17, 15) is 9.59 Å². The van der Waals surface area contributed by atoms with E-state index in [4.69, 9.17) is 0 Å². The lowest BCUT2D eigenvalue weighted by Crippen LogP contribution is -2.43. The number of nitrogens with zero attached hydrogens (tertiary/aromatic N) is 1. The molecule has 22 heavy (non-hydrogen) atoms. The van der Waals surface area contributed by atoms with Crippen LogP contribution in [0.2, 0.25) is 0 Å². The predicted octanol–water partition coefficient (Wildman–Crippen LogP) is 3.13. The molecule has 0 aromatic carbocycles. The summed E-state index contributed by atoms with van der Waals surface area (Å²) in [6.07, 6.45) is 3.56. The van der Waals surface area contributed by atoms with Crippen LogP contribution in [0.25, 0.3) is 0 Å². The molecule has 0 saturated carbocycles. The molecular weight excluding hydrogens is 296 g/mol. The van der Waals surface area contributed by atoms with Crippen molar-refractivity contribution in [3.05, 3.63) is 21.4 Å². The van der Waals surface area contributed by atoms with Crippen molar-refractivity contribution in [1.29, 1.82) is 0 Å². The molecule has 122 valence electrons. The minimum atomic E-state index is 0.121. The van der Waals surface area contributed by atoms with E-state index in [-0.39, 0.29) is 11.8 Å². The monoisotopic (exact) mass is 322 g/mol. The second kappa shape index (κ2) is 7.77. The van der Waals surface area contributed by atoms with E-state index in [0.717, 1.165) is 42.8 Å². The van der Waals surface area contributed by atoms with Crippen LogP contribution >= 0.6 is 11.3 Å². The highest BCUT2D eigenvalue weighted by Crippen LogP contribution is 2.24. The van der Waals surface area contributed by atoms with Crippen molar-refractivity contribution in [2.24, 2.45) is 5.92 Å². The van der Waals surface area contributed by atoms with Gasteiger partial charge in [0.1, 0.15) is 0 Å². The molecule has 1 atom stereocenters.